The minimum Gasteiger partial charge on any atom is -0.370 e. The van der Waals surface area contributed by atoms with Crippen molar-refractivity contribution in [1.82, 2.24) is 9.78 Å². The van der Waals surface area contributed by atoms with Crippen LogP contribution in [0, 0.1) is 5.92 Å². The molecule has 0 spiro atoms. The van der Waals surface area contributed by atoms with Crippen LogP contribution in [0.25, 0.3) is 0 Å². The second-order valence-electron chi connectivity index (χ2n) is 6.64. The standard InChI is InChI=1S/C17H29N3/c1-3-5-8-13(4-2)15-11-17-18-12-14-9-6-7-10-16(14)20(17)19-15/h11,13-14,16,18H,3-10,12H2,1-2H3. The molecule has 3 rings (SSSR count). The van der Waals surface area contributed by atoms with Gasteiger partial charge in [-0.3, -0.25) is 0 Å². The summed E-state index contributed by atoms with van der Waals surface area (Å²) < 4.78 is 2.33. The molecule has 3 heteroatoms. The van der Waals surface area contributed by atoms with E-state index in [4.69, 9.17) is 5.10 Å². The number of fused-ring (bicyclic) bond motifs is 3. The van der Waals surface area contributed by atoms with E-state index in [0.717, 1.165) is 12.5 Å². The van der Waals surface area contributed by atoms with E-state index in [1.54, 1.807) is 0 Å². The summed E-state index contributed by atoms with van der Waals surface area (Å²) in [6.07, 6.45) is 10.6. The highest BCUT2D eigenvalue weighted by Gasteiger charge is 2.33. The fourth-order valence-electron chi connectivity index (χ4n) is 3.99. The molecular formula is C17H29N3. The summed E-state index contributed by atoms with van der Waals surface area (Å²) in [6, 6.07) is 2.99. The van der Waals surface area contributed by atoms with E-state index in [9.17, 15) is 0 Å². The highest BCUT2D eigenvalue weighted by Crippen LogP contribution is 2.40. The minimum absolute atomic E-state index is 0.650. The number of hydrogen-bond donors (Lipinski definition) is 1. The molecule has 3 unspecified atom stereocenters. The van der Waals surface area contributed by atoms with Crippen molar-refractivity contribution in [3.63, 3.8) is 0 Å². The Kier molecular flexibility index (Phi) is 4.32. The first-order valence-electron chi connectivity index (χ1n) is 8.66. The van der Waals surface area contributed by atoms with Gasteiger partial charge < -0.3 is 5.32 Å². The molecule has 1 saturated carbocycles. The predicted octanol–water partition coefficient (Wildman–Crippen LogP) is 4.72. The fourth-order valence-corrected chi connectivity index (χ4v) is 3.99. The SMILES string of the molecule is CCCCC(CC)c1cc2n(n1)C1CCCCC1CN2. The third kappa shape index (κ3) is 2.59. The van der Waals surface area contributed by atoms with Crippen molar-refractivity contribution in [1.29, 1.82) is 0 Å². The van der Waals surface area contributed by atoms with Gasteiger partial charge in [-0.25, -0.2) is 4.68 Å². The zero-order valence-corrected chi connectivity index (χ0v) is 13.1. The van der Waals surface area contributed by atoms with Crippen molar-refractivity contribution in [2.75, 3.05) is 11.9 Å². The maximum atomic E-state index is 5.01. The van der Waals surface area contributed by atoms with Gasteiger partial charge in [0.05, 0.1) is 11.7 Å². The van der Waals surface area contributed by atoms with E-state index in [2.05, 4.69) is 29.9 Å². The first-order valence-corrected chi connectivity index (χ1v) is 8.66. The Bertz CT molecular complexity index is 437. The zero-order chi connectivity index (χ0) is 13.9. The molecule has 1 aromatic rings. The van der Waals surface area contributed by atoms with Gasteiger partial charge in [0.15, 0.2) is 0 Å². The Morgan fingerprint density at radius 3 is 3.00 bits per heavy atom. The topological polar surface area (TPSA) is 29.9 Å². The van der Waals surface area contributed by atoms with Gasteiger partial charge in [0, 0.05) is 18.5 Å². The molecule has 2 heterocycles. The summed E-state index contributed by atoms with van der Waals surface area (Å²) in [5.74, 6) is 2.73. The molecule has 20 heavy (non-hydrogen) atoms. The van der Waals surface area contributed by atoms with Crippen molar-refractivity contribution >= 4 is 5.82 Å². The molecule has 1 aliphatic carbocycles. The molecule has 0 aromatic carbocycles. The van der Waals surface area contributed by atoms with Crippen molar-refractivity contribution in [3.8, 4) is 0 Å². The summed E-state index contributed by atoms with van der Waals surface area (Å²) in [4.78, 5) is 0. The van der Waals surface area contributed by atoms with Crippen LogP contribution in [0.3, 0.4) is 0 Å². The third-order valence-electron chi connectivity index (χ3n) is 5.30. The quantitative estimate of drug-likeness (QED) is 0.842. The molecule has 112 valence electrons. The van der Waals surface area contributed by atoms with E-state index >= 15 is 0 Å². The van der Waals surface area contributed by atoms with Gasteiger partial charge in [0.1, 0.15) is 5.82 Å². The maximum absolute atomic E-state index is 5.01. The van der Waals surface area contributed by atoms with E-state index in [-0.39, 0.29) is 0 Å². The molecule has 1 fully saturated rings. The van der Waals surface area contributed by atoms with Gasteiger partial charge in [0.2, 0.25) is 0 Å². The van der Waals surface area contributed by atoms with Gasteiger partial charge in [-0.15, -0.1) is 0 Å². The van der Waals surface area contributed by atoms with E-state index in [1.807, 2.05) is 0 Å². The number of nitrogens with one attached hydrogen (secondary N) is 1. The Morgan fingerprint density at radius 1 is 1.35 bits per heavy atom. The summed E-state index contributed by atoms with van der Waals surface area (Å²) in [5.41, 5.74) is 1.33. The first kappa shape index (κ1) is 14.0. The van der Waals surface area contributed by atoms with Gasteiger partial charge in [-0.2, -0.15) is 5.10 Å². The van der Waals surface area contributed by atoms with Crippen LogP contribution in [0.2, 0.25) is 0 Å². The monoisotopic (exact) mass is 275 g/mol. The lowest BCUT2D eigenvalue weighted by molar-refractivity contribution is 0.221. The van der Waals surface area contributed by atoms with Crippen LogP contribution in [0.4, 0.5) is 5.82 Å². The maximum Gasteiger partial charge on any atom is 0.124 e. The average molecular weight is 275 g/mol. The number of aromatic nitrogens is 2. The molecule has 1 aromatic heterocycles. The molecular weight excluding hydrogens is 246 g/mol. The molecule has 0 saturated heterocycles. The molecule has 2 aliphatic rings. The third-order valence-corrected chi connectivity index (χ3v) is 5.30. The van der Waals surface area contributed by atoms with Gasteiger partial charge in [0.25, 0.3) is 0 Å². The number of rotatable bonds is 5. The van der Waals surface area contributed by atoms with Crippen LogP contribution in [-0.2, 0) is 0 Å². The Hall–Kier alpha value is -0.990. The zero-order valence-electron chi connectivity index (χ0n) is 13.1. The Balaban J connectivity index is 1.80. The first-order chi connectivity index (χ1) is 9.83. The molecule has 1 N–H and O–H groups in total. The molecule has 0 amide bonds. The fraction of sp³-hybridized carbons (Fsp3) is 0.824. The van der Waals surface area contributed by atoms with Gasteiger partial charge in [-0.05, 0) is 31.6 Å². The molecule has 0 bridgehead atoms. The van der Waals surface area contributed by atoms with E-state index in [1.165, 1.54) is 62.9 Å². The van der Waals surface area contributed by atoms with Crippen LogP contribution in [-0.4, -0.2) is 16.3 Å². The number of hydrogen-bond acceptors (Lipinski definition) is 2. The number of nitrogens with zero attached hydrogens (tertiary/aromatic N) is 2. The largest absolute Gasteiger partial charge is 0.370 e. The van der Waals surface area contributed by atoms with E-state index in [0.29, 0.717) is 12.0 Å². The summed E-state index contributed by atoms with van der Waals surface area (Å²) in [7, 11) is 0. The molecule has 3 nitrogen and oxygen atoms in total. The summed E-state index contributed by atoms with van der Waals surface area (Å²) >= 11 is 0. The molecule has 0 radical (unpaired) electrons. The van der Waals surface area contributed by atoms with Crippen LogP contribution < -0.4 is 5.32 Å². The smallest absolute Gasteiger partial charge is 0.124 e. The van der Waals surface area contributed by atoms with Gasteiger partial charge in [-0.1, -0.05) is 39.5 Å². The van der Waals surface area contributed by atoms with Crippen molar-refractivity contribution < 1.29 is 0 Å². The summed E-state index contributed by atoms with van der Waals surface area (Å²) in [5, 5.41) is 8.63. The number of unbranched alkanes of at least 4 members (excludes halogenated alkanes) is 1. The van der Waals surface area contributed by atoms with Crippen LogP contribution >= 0.6 is 0 Å². The lowest BCUT2D eigenvalue weighted by Gasteiger charge is -2.36. The van der Waals surface area contributed by atoms with Crippen molar-refractivity contribution in [2.45, 2.75) is 77.2 Å². The Labute approximate surface area is 123 Å². The minimum atomic E-state index is 0.650. The lowest BCUT2D eigenvalue weighted by Crippen LogP contribution is -2.35. The highest BCUT2D eigenvalue weighted by molar-refractivity contribution is 5.41. The highest BCUT2D eigenvalue weighted by atomic mass is 15.4. The van der Waals surface area contributed by atoms with Crippen LogP contribution in [0.5, 0.6) is 0 Å². The van der Waals surface area contributed by atoms with Crippen LogP contribution in [0.1, 0.15) is 82.9 Å². The summed E-state index contributed by atoms with van der Waals surface area (Å²) in [6.45, 7) is 5.73. The van der Waals surface area contributed by atoms with Crippen LogP contribution in [0.15, 0.2) is 6.07 Å². The Morgan fingerprint density at radius 2 is 2.20 bits per heavy atom. The second kappa shape index (κ2) is 6.19. The van der Waals surface area contributed by atoms with Gasteiger partial charge >= 0.3 is 0 Å². The molecule has 1 aliphatic heterocycles. The van der Waals surface area contributed by atoms with Crippen molar-refractivity contribution in [3.05, 3.63) is 11.8 Å². The van der Waals surface area contributed by atoms with E-state index < -0.39 is 0 Å². The number of anilines is 1. The predicted molar refractivity (Wildman–Crippen MR) is 84.3 cm³/mol. The van der Waals surface area contributed by atoms with Crippen molar-refractivity contribution in [2.24, 2.45) is 5.92 Å². The normalized spacial score (nSPS) is 26.5. The molecule has 3 atom stereocenters. The average Bonchev–Trinajstić information content (AvgIpc) is 2.92. The second-order valence-corrected chi connectivity index (χ2v) is 6.64. The lowest BCUT2D eigenvalue weighted by atomic mass is 9.83.